The van der Waals surface area contributed by atoms with E-state index in [2.05, 4.69) is 16.2 Å². The molecule has 0 unspecified atom stereocenters. The molecule has 0 fully saturated rings. The van der Waals surface area contributed by atoms with Crippen LogP contribution in [0.3, 0.4) is 0 Å². The minimum absolute atomic E-state index is 0.281. The van der Waals surface area contributed by atoms with Crippen LogP contribution in [-0.2, 0) is 4.79 Å². The topological polar surface area (TPSA) is 79.5 Å². The van der Waals surface area contributed by atoms with Gasteiger partial charge in [0.2, 0.25) is 0 Å². The fourth-order valence-corrected chi connectivity index (χ4v) is 2.18. The summed E-state index contributed by atoms with van der Waals surface area (Å²) in [5.41, 5.74) is 4.91. The second kappa shape index (κ2) is 8.63. The lowest BCUT2D eigenvalue weighted by Gasteiger charge is -2.10. The van der Waals surface area contributed by atoms with Crippen LogP contribution in [0.4, 0.5) is 10.5 Å². The van der Waals surface area contributed by atoms with E-state index in [0.717, 1.165) is 0 Å². The van der Waals surface area contributed by atoms with Crippen molar-refractivity contribution >= 4 is 52.4 Å². The predicted molar refractivity (Wildman–Crippen MR) is 93.7 cm³/mol. The van der Waals surface area contributed by atoms with Crippen molar-refractivity contribution in [3.8, 4) is 5.75 Å². The maximum absolute atomic E-state index is 11.6. The molecule has 9 heteroatoms. The standard InChI is InChI=1S/C15H12Cl3N3O3/c16-9-1-4-11(5-2-9)19-15(23)21-20-14(22)8-24-13-6-3-10(17)7-12(13)18/h1-7H,8H2,(H,20,22)(H2,19,21,23). The number of hydrazine groups is 1. The number of ether oxygens (including phenoxy) is 1. The van der Waals surface area contributed by atoms with E-state index in [4.69, 9.17) is 39.5 Å². The lowest BCUT2D eigenvalue weighted by Crippen LogP contribution is -2.45. The number of hydrogen-bond acceptors (Lipinski definition) is 3. The Labute approximate surface area is 153 Å². The van der Waals surface area contributed by atoms with E-state index >= 15 is 0 Å². The third kappa shape index (κ3) is 5.81. The van der Waals surface area contributed by atoms with E-state index in [0.29, 0.717) is 21.5 Å². The lowest BCUT2D eigenvalue weighted by molar-refractivity contribution is -0.123. The highest BCUT2D eigenvalue weighted by Crippen LogP contribution is 2.27. The molecule has 126 valence electrons. The zero-order chi connectivity index (χ0) is 17.5. The van der Waals surface area contributed by atoms with Crippen molar-refractivity contribution in [2.45, 2.75) is 0 Å². The first-order chi connectivity index (χ1) is 11.4. The number of anilines is 1. The summed E-state index contributed by atoms with van der Waals surface area (Å²) < 4.78 is 5.23. The Balaban J connectivity index is 1.74. The molecule has 2 aromatic carbocycles. The van der Waals surface area contributed by atoms with E-state index in [1.807, 2.05) is 0 Å². The number of benzene rings is 2. The maximum atomic E-state index is 11.6. The van der Waals surface area contributed by atoms with Crippen LogP contribution >= 0.6 is 34.8 Å². The fraction of sp³-hybridized carbons (Fsp3) is 0.0667. The molecule has 24 heavy (non-hydrogen) atoms. The number of amides is 3. The highest BCUT2D eigenvalue weighted by Gasteiger charge is 2.08. The molecule has 0 aliphatic rings. The molecule has 0 atom stereocenters. The van der Waals surface area contributed by atoms with Crippen LogP contribution in [0.5, 0.6) is 5.75 Å². The van der Waals surface area contributed by atoms with Gasteiger partial charge in [0, 0.05) is 15.7 Å². The zero-order valence-electron chi connectivity index (χ0n) is 12.1. The summed E-state index contributed by atoms with van der Waals surface area (Å²) in [6.45, 7) is -0.331. The summed E-state index contributed by atoms with van der Waals surface area (Å²) in [6.07, 6.45) is 0. The van der Waals surface area contributed by atoms with E-state index in [9.17, 15) is 9.59 Å². The first-order valence-electron chi connectivity index (χ1n) is 6.63. The zero-order valence-corrected chi connectivity index (χ0v) is 14.4. The van der Waals surface area contributed by atoms with Gasteiger partial charge in [0.25, 0.3) is 5.91 Å². The van der Waals surface area contributed by atoms with Gasteiger partial charge in [-0.05, 0) is 42.5 Å². The quantitative estimate of drug-likeness (QED) is 0.695. The number of carbonyl (C=O) groups excluding carboxylic acids is 2. The molecule has 6 nitrogen and oxygen atoms in total. The molecule has 2 rings (SSSR count). The van der Waals surface area contributed by atoms with Crippen LogP contribution in [0.2, 0.25) is 15.1 Å². The minimum Gasteiger partial charge on any atom is -0.482 e. The average Bonchev–Trinajstić information content (AvgIpc) is 2.54. The Morgan fingerprint density at radius 1 is 0.917 bits per heavy atom. The van der Waals surface area contributed by atoms with Crippen molar-refractivity contribution in [3.63, 3.8) is 0 Å². The van der Waals surface area contributed by atoms with Crippen LogP contribution in [0.1, 0.15) is 0 Å². The summed E-state index contributed by atoms with van der Waals surface area (Å²) in [7, 11) is 0. The maximum Gasteiger partial charge on any atom is 0.337 e. The van der Waals surface area contributed by atoms with Crippen LogP contribution < -0.4 is 20.9 Å². The Morgan fingerprint density at radius 2 is 1.58 bits per heavy atom. The monoisotopic (exact) mass is 387 g/mol. The van der Waals surface area contributed by atoms with Crippen molar-refractivity contribution < 1.29 is 14.3 Å². The van der Waals surface area contributed by atoms with E-state index in [1.165, 1.54) is 6.07 Å². The normalized spacial score (nSPS) is 9.96. The molecule has 0 aromatic heterocycles. The Morgan fingerprint density at radius 3 is 2.25 bits per heavy atom. The molecular formula is C15H12Cl3N3O3. The van der Waals surface area contributed by atoms with Gasteiger partial charge in [-0.1, -0.05) is 34.8 Å². The van der Waals surface area contributed by atoms with Crippen LogP contribution in [0.15, 0.2) is 42.5 Å². The predicted octanol–water partition coefficient (Wildman–Crippen LogP) is 3.88. The molecule has 0 aliphatic carbocycles. The SMILES string of the molecule is O=C(COc1ccc(Cl)cc1Cl)NNC(=O)Nc1ccc(Cl)cc1. The van der Waals surface area contributed by atoms with Gasteiger partial charge >= 0.3 is 6.03 Å². The highest BCUT2D eigenvalue weighted by atomic mass is 35.5. The number of halogens is 3. The first kappa shape index (κ1) is 18.2. The van der Waals surface area contributed by atoms with E-state index in [-0.39, 0.29) is 11.6 Å². The number of carbonyl (C=O) groups is 2. The second-order valence-corrected chi connectivity index (χ2v) is 5.78. The Bertz CT molecular complexity index is 738. The number of hydrogen-bond donors (Lipinski definition) is 3. The third-order valence-electron chi connectivity index (χ3n) is 2.67. The van der Waals surface area contributed by atoms with Gasteiger partial charge < -0.3 is 10.1 Å². The molecule has 3 amide bonds. The molecule has 0 saturated heterocycles. The van der Waals surface area contributed by atoms with Gasteiger partial charge in [-0.2, -0.15) is 0 Å². The molecule has 0 saturated carbocycles. The summed E-state index contributed by atoms with van der Waals surface area (Å²) in [4.78, 5) is 23.3. The van der Waals surface area contributed by atoms with Crippen LogP contribution in [0.25, 0.3) is 0 Å². The lowest BCUT2D eigenvalue weighted by atomic mass is 10.3. The van der Waals surface area contributed by atoms with Gasteiger partial charge in [-0.15, -0.1) is 0 Å². The van der Waals surface area contributed by atoms with Crippen molar-refractivity contribution in [2.24, 2.45) is 0 Å². The van der Waals surface area contributed by atoms with Crippen LogP contribution in [-0.4, -0.2) is 18.5 Å². The van der Waals surface area contributed by atoms with Crippen molar-refractivity contribution in [2.75, 3.05) is 11.9 Å². The van der Waals surface area contributed by atoms with Crippen LogP contribution in [0, 0.1) is 0 Å². The Hall–Kier alpha value is -2.15. The fourth-order valence-electron chi connectivity index (χ4n) is 1.59. The summed E-state index contributed by atoms with van der Waals surface area (Å²) in [6, 6.07) is 10.5. The summed E-state index contributed by atoms with van der Waals surface area (Å²) in [5, 5.41) is 3.80. The second-order valence-electron chi connectivity index (χ2n) is 4.50. The van der Waals surface area contributed by atoms with Gasteiger partial charge in [-0.3, -0.25) is 10.2 Å². The molecule has 0 radical (unpaired) electrons. The largest absolute Gasteiger partial charge is 0.482 e. The Kier molecular flexibility index (Phi) is 6.54. The molecule has 0 spiro atoms. The average molecular weight is 389 g/mol. The molecule has 0 aliphatic heterocycles. The van der Waals surface area contributed by atoms with Gasteiger partial charge in [-0.25, -0.2) is 10.2 Å². The van der Waals surface area contributed by atoms with Crippen molar-refractivity contribution in [3.05, 3.63) is 57.5 Å². The number of nitrogens with one attached hydrogen (secondary N) is 3. The van der Waals surface area contributed by atoms with E-state index in [1.54, 1.807) is 36.4 Å². The van der Waals surface area contributed by atoms with Gasteiger partial charge in [0.05, 0.1) is 5.02 Å². The number of urea groups is 1. The van der Waals surface area contributed by atoms with Gasteiger partial charge in [0.1, 0.15) is 5.75 Å². The molecule has 0 bridgehead atoms. The molecule has 2 aromatic rings. The molecule has 3 N–H and O–H groups in total. The molecular weight excluding hydrogens is 377 g/mol. The minimum atomic E-state index is -0.616. The summed E-state index contributed by atoms with van der Waals surface area (Å²) in [5.74, 6) is -0.255. The smallest absolute Gasteiger partial charge is 0.337 e. The first-order valence-corrected chi connectivity index (χ1v) is 7.76. The number of rotatable bonds is 4. The van der Waals surface area contributed by atoms with Gasteiger partial charge in [0.15, 0.2) is 6.61 Å². The van der Waals surface area contributed by atoms with Crippen molar-refractivity contribution in [1.82, 2.24) is 10.9 Å². The van der Waals surface area contributed by atoms with Crippen molar-refractivity contribution in [1.29, 1.82) is 0 Å². The third-order valence-corrected chi connectivity index (χ3v) is 3.45. The molecule has 0 heterocycles. The highest BCUT2D eigenvalue weighted by molar-refractivity contribution is 6.35. The summed E-state index contributed by atoms with van der Waals surface area (Å²) >= 11 is 17.4. The van der Waals surface area contributed by atoms with E-state index < -0.39 is 11.9 Å².